The van der Waals surface area contributed by atoms with Gasteiger partial charge in [0.25, 0.3) is 5.91 Å². The van der Waals surface area contributed by atoms with Gasteiger partial charge in [0.2, 0.25) is 0 Å². The van der Waals surface area contributed by atoms with E-state index < -0.39 is 29.3 Å². The van der Waals surface area contributed by atoms with Gasteiger partial charge in [-0.3, -0.25) is 9.00 Å². The van der Waals surface area contributed by atoms with Crippen LogP contribution in [0.1, 0.15) is 22.8 Å². The van der Waals surface area contributed by atoms with Gasteiger partial charge in [0.15, 0.2) is 6.61 Å². The van der Waals surface area contributed by atoms with Gasteiger partial charge in [0.1, 0.15) is 11.1 Å². The van der Waals surface area contributed by atoms with E-state index in [0.29, 0.717) is 21.2 Å². The van der Waals surface area contributed by atoms with Crippen LogP contribution in [0.4, 0.5) is 5.00 Å². The van der Waals surface area contributed by atoms with Crippen LogP contribution in [0.5, 0.6) is 0 Å². The molecule has 6 nitrogen and oxygen atoms in total. The smallest absolute Gasteiger partial charge is 0.339 e. The number of benzene rings is 1. The van der Waals surface area contributed by atoms with Crippen LogP contribution in [0.3, 0.4) is 0 Å². The number of ether oxygens (including phenoxy) is 1. The highest BCUT2D eigenvalue weighted by Gasteiger charge is 2.17. The van der Waals surface area contributed by atoms with E-state index >= 15 is 0 Å². The number of hydrogen-bond donors (Lipinski definition) is 1. The number of hydrogen-bond acceptors (Lipinski definition) is 6. The summed E-state index contributed by atoms with van der Waals surface area (Å²) in [6.07, 6.45) is 0. The number of nitrogens with zero attached hydrogens (tertiary/aromatic N) is 1. The van der Waals surface area contributed by atoms with Crippen LogP contribution in [0.25, 0.3) is 0 Å². The zero-order chi connectivity index (χ0) is 17.5. The molecule has 0 saturated heterocycles. The molecule has 2 aromatic rings. The number of amides is 1. The molecule has 8 heteroatoms. The fourth-order valence-electron chi connectivity index (χ4n) is 1.85. The highest BCUT2D eigenvalue weighted by atomic mass is 32.2. The van der Waals surface area contributed by atoms with Crippen LogP contribution >= 0.6 is 11.3 Å². The van der Waals surface area contributed by atoms with Gasteiger partial charge in [0, 0.05) is 5.75 Å². The summed E-state index contributed by atoms with van der Waals surface area (Å²) in [6.45, 7) is 1.26. The highest BCUT2D eigenvalue weighted by Crippen LogP contribution is 2.22. The normalized spacial score (nSPS) is 11.3. The van der Waals surface area contributed by atoms with Crippen LogP contribution in [0.15, 0.2) is 40.6 Å². The summed E-state index contributed by atoms with van der Waals surface area (Å²) in [5, 5.41) is 13.5. The number of nitrogens with one attached hydrogen (secondary N) is 1. The summed E-state index contributed by atoms with van der Waals surface area (Å²) in [4.78, 5) is 24.4. The van der Waals surface area contributed by atoms with Crippen LogP contribution < -0.4 is 5.32 Å². The molecule has 1 amide bonds. The summed E-state index contributed by atoms with van der Waals surface area (Å²) >= 11 is 1.21. The van der Waals surface area contributed by atoms with E-state index in [2.05, 4.69) is 5.32 Å². The first-order valence-electron chi connectivity index (χ1n) is 6.98. The van der Waals surface area contributed by atoms with E-state index in [9.17, 15) is 13.8 Å². The summed E-state index contributed by atoms with van der Waals surface area (Å²) < 4.78 is 16.9. The Kier molecular flexibility index (Phi) is 6.23. The minimum Gasteiger partial charge on any atom is -0.452 e. The lowest BCUT2D eigenvalue weighted by Crippen LogP contribution is -2.21. The molecule has 0 radical (unpaired) electrons. The van der Waals surface area contributed by atoms with Crippen molar-refractivity contribution in [2.45, 2.75) is 11.8 Å². The second kappa shape index (κ2) is 8.38. The Morgan fingerprint density at radius 3 is 2.79 bits per heavy atom. The summed E-state index contributed by atoms with van der Waals surface area (Å²) in [7, 11) is -1.30. The number of carbonyl (C=O) groups is 2. The lowest BCUT2D eigenvalue weighted by molar-refractivity contribution is -0.119. The average molecular weight is 362 g/mol. The maximum absolute atomic E-state index is 12.1. The SMILES string of the molecule is CC[S@](=O)c1ccccc1C(=O)OCC(=O)Nc1sccc1C#N. The van der Waals surface area contributed by atoms with E-state index in [1.807, 2.05) is 6.07 Å². The van der Waals surface area contributed by atoms with E-state index in [4.69, 9.17) is 10.00 Å². The number of nitriles is 1. The van der Waals surface area contributed by atoms with Crippen molar-refractivity contribution in [2.75, 3.05) is 17.7 Å². The van der Waals surface area contributed by atoms with Gasteiger partial charge in [-0.25, -0.2) is 4.79 Å². The number of carbonyl (C=O) groups excluding carboxylic acids is 2. The molecule has 0 saturated carbocycles. The fourth-order valence-corrected chi connectivity index (χ4v) is 3.55. The zero-order valence-electron chi connectivity index (χ0n) is 12.8. The second-order valence-corrected chi connectivity index (χ2v) is 7.15. The van der Waals surface area contributed by atoms with Crippen molar-refractivity contribution in [1.82, 2.24) is 0 Å². The Bertz CT molecular complexity index is 823. The third-order valence-electron chi connectivity index (χ3n) is 2.99. The maximum Gasteiger partial charge on any atom is 0.339 e. The van der Waals surface area contributed by atoms with Gasteiger partial charge in [0.05, 0.1) is 26.8 Å². The van der Waals surface area contributed by atoms with Gasteiger partial charge < -0.3 is 10.1 Å². The minimum absolute atomic E-state index is 0.180. The topological polar surface area (TPSA) is 96.3 Å². The second-order valence-electron chi connectivity index (χ2n) is 4.53. The largest absolute Gasteiger partial charge is 0.452 e. The van der Waals surface area contributed by atoms with E-state index in [-0.39, 0.29) is 5.56 Å². The number of esters is 1. The van der Waals surface area contributed by atoms with Crippen molar-refractivity contribution in [3.63, 3.8) is 0 Å². The number of thiophene rings is 1. The summed E-state index contributed by atoms with van der Waals surface area (Å²) in [5.41, 5.74) is 0.530. The Morgan fingerprint density at radius 1 is 1.33 bits per heavy atom. The molecular weight excluding hydrogens is 348 g/mol. The van der Waals surface area contributed by atoms with Crippen molar-refractivity contribution < 1.29 is 18.5 Å². The third kappa shape index (κ3) is 4.28. The fraction of sp³-hybridized carbons (Fsp3) is 0.188. The van der Waals surface area contributed by atoms with E-state index in [0.717, 1.165) is 0 Å². The van der Waals surface area contributed by atoms with Crippen LogP contribution in [0.2, 0.25) is 0 Å². The molecule has 1 N–H and O–H groups in total. The predicted octanol–water partition coefficient (Wildman–Crippen LogP) is 2.54. The molecule has 1 heterocycles. The lowest BCUT2D eigenvalue weighted by atomic mass is 10.2. The van der Waals surface area contributed by atoms with Crippen LogP contribution in [-0.4, -0.2) is 28.4 Å². The van der Waals surface area contributed by atoms with E-state index in [1.54, 1.807) is 36.6 Å². The Balaban J connectivity index is 2.00. The molecule has 124 valence electrons. The molecule has 24 heavy (non-hydrogen) atoms. The first-order valence-corrected chi connectivity index (χ1v) is 9.18. The Morgan fingerprint density at radius 2 is 2.08 bits per heavy atom. The molecule has 2 rings (SSSR count). The minimum atomic E-state index is -1.30. The van der Waals surface area contributed by atoms with Crippen molar-refractivity contribution in [2.24, 2.45) is 0 Å². The summed E-state index contributed by atoms with van der Waals surface area (Å²) in [5.74, 6) is -0.884. The maximum atomic E-state index is 12.1. The zero-order valence-corrected chi connectivity index (χ0v) is 14.4. The first kappa shape index (κ1) is 17.8. The van der Waals surface area contributed by atoms with Gasteiger partial charge in [-0.05, 0) is 23.6 Å². The molecule has 1 atom stereocenters. The number of anilines is 1. The van der Waals surface area contributed by atoms with Gasteiger partial charge in [-0.1, -0.05) is 19.1 Å². The lowest BCUT2D eigenvalue weighted by Gasteiger charge is -2.08. The van der Waals surface area contributed by atoms with Gasteiger partial charge in [-0.2, -0.15) is 5.26 Å². The molecule has 0 unspecified atom stereocenters. The highest BCUT2D eigenvalue weighted by molar-refractivity contribution is 7.85. The van der Waals surface area contributed by atoms with Crippen LogP contribution in [0, 0.1) is 11.3 Å². The van der Waals surface area contributed by atoms with Crippen molar-refractivity contribution in [3.05, 3.63) is 46.8 Å². The van der Waals surface area contributed by atoms with Crippen LogP contribution in [-0.2, 0) is 20.3 Å². The average Bonchev–Trinajstić information content (AvgIpc) is 3.06. The molecule has 0 bridgehead atoms. The van der Waals surface area contributed by atoms with Crippen molar-refractivity contribution >= 4 is 39.0 Å². The quantitative estimate of drug-likeness (QED) is 0.797. The first-order chi connectivity index (χ1) is 11.6. The predicted molar refractivity (Wildman–Crippen MR) is 91.3 cm³/mol. The molecule has 0 fully saturated rings. The monoisotopic (exact) mass is 362 g/mol. The Hall–Kier alpha value is -2.50. The molecule has 0 aliphatic carbocycles. The van der Waals surface area contributed by atoms with E-state index in [1.165, 1.54) is 17.4 Å². The van der Waals surface area contributed by atoms with Gasteiger partial charge >= 0.3 is 5.97 Å². The standard InChI is InChI=1S/C16H14N2O4S2/c1-2-24(21)13-6-4-3-5-12(13)16(20)22-10-14(19)18-15-11(9-17)7-8-23-15/h3-8H,2,10H2,1H3,(H,18,19)/t24-/m0/s1. The third-order valence-corrected chi connectivity index (χ3v) is 5.19. The molecule has 0 aliphatic heterocycles. The molecule has 0 aliphatic rings. The van der Waals surface area contributed by atoms with Gasteiger partial charge in [-0.15, -0.1) is 11.3 Å². The number of rotatable bonds is 6. The van der Waals surface area contributed by atoms with Crippen molar-refractivity contribution in [3.8, 4) is 6.07 Å². The molecule has 1 aromatic heterocycles. The summed E-state index contributed by atoms with van der Waals surface area (Å²) in [6, 6.07) is 9.97. The molecular formula is C16H14N2O4S2. The molecule has 1 aromatic carbocycles. The Labute approximate surface area is 145 Å². The molecule has 0 spiro atoms. The van der Waals surface area contributed by atoms with Crippen molar-refractivity contribution in [1.29, 1.82) is 5.26 Å².